The van der Waals surface area contributed by atoms with Crippen LogP contribution in [-0.2, 0) is 47.5 Å². The van der Waals surface area contributed by atoms with Gasteiger partial charge >= 0.3 is 12.2 Å². The zero-order valence-electron chi connectivity index (χ0n) is 43.4. The van der Waals surface area contributed by atoms with Crippen molar-refractivity contribution in [2.45, 2.75) is 140 Å². The summed E-state index contributed by atoms with van der Waals surface area (Å²) in [5, 5.41) is 17.5. The molecule has 16 nitrogen and oxygen atoms in total. The molecule has 7 rings (SSSR count). The van der Waals surface area contributed by atoms with Crippen molar-refractivity contribution in [1.29, 1.82) is 0 Å². The number of aliphatic hydroxyl groups is 1. The van der Waals surface area contributed by atoms with E-state index in [0.29, 0.717) is 95.7 Å². The molecule has 5 fully saturated rings. The van der Waals surface area contributed by atoms with Crippen molar-refractivity contribution < 1.29 is 71.0 Å². The molecule has 20 heteroatoms. The van der Waals surface area contributed by atoms with Gasteiger partial charge in [-0.05, 0) is 101 Å². The molecule has 4 saturated carbocycles. The third-order valence-corrected chi connectivity index (χ3v) is 19.7. The van der Waals surface area contributed by atoms with Gasteiger partial charge in [0, 0.05) is 73.2 Å². The number of amides is 3. The quantitative estimate of drug-likeness (QED) is 0.0469. The second kappa shape index (κ2) is 24.8. The summed E-state index contributed by atoms with van der Waals surface area (Å²) in [6, 6.07) is 0. The Morgan fingerprint density at radius 3 is 2.29 bits per heavy atom. The van der Waals surface area contributed by atoms with Crippen LogP contribution in [0.1, 0.15) is 98.8 Å². The van der Waals surface area contributed by atoms with Crippen LogP contribution in [0.4, 0.5) is 18.4 Å². The van der Waals surface area contributed by atoms with Crippen molar-refractivity contribution in [3.05, 3.63) is 23.8 Å². The largest absolute Gasteiger partial charge is 0.449 e. The zero-order valence-corrected chi connectivity index (χ0v) is 45.0. The molecule has 2 unspecified atom stereocenters. The lowest BCUT2D eigenvalue weighted by atomic mass is 9.44. The van der Waals surface area contributed by atoms with E-state index in [0.717, 1.165) is 31.8 Å². The van der Waals surface area contributed by atoms with Crippen LogP contribution in [0.5, 0.6) is 0 Å². The number of ketones is 2. The third kappa shape index (κ3) is 12.6. The van der Waals surface area contributed by atoms with Crippen molar-refractivity contribution in [3.8, 4) is 11.8 Å². The molecule has 7 aliphatic rings. The van der Waals surface area contributed by atoms with Crippen LogP contribution in [0.3, 0.4) is 0 Å². The maximum Gasteiger partial charge on any atom is 0.409 e. The zero-order chi connectivity index (χ0) is 52.6. The molecular formula is C53H77F2N3O13S2. The van der Waals surface area contributed by atoms with E-state index < -0.39 is 93.7 Å². The summed E-state index contributed by atoms with van der Waals surface area (Å²) in [6.07, 6.45) is 2.93. The Kier molecular flexibility index (Phi) is 19.5. The summed E-state index contributed by atoms with van der Waals surface area (Å²) in [6.45, 7) is 12.1. The SMILES string of the molecule is CCCC1O[C@@H]2C[C@H]3[C@@H]4C[C@H](F)C5=CC(=O)C=C[C@]5(C)[C@@]4(F)[C@@H](O)C[C@]3(C)[C@]2(C(=O)COC(=O)N(C)CCSSC(C)(C)CC(=O)NCCOCCOCCOCCNC(=O)OCC2[C@H]3CCC#CCC[C@@H]23)O1. The highest BCUT2D eigenvalue weighted by molar-refractivity contribution is 8.77. The van der Waals surface area contributed by atoms with E-state index in [-0.39, 0.29) is 43.7 Å². The van der Waals surface area contributed by atoms with E-state index in [4.69, 9.17) is 33.2 Å². The standard InChI is InChI=1S/C53H77F2N3O13S2/c1-7-12-46-70-44-29-38-39-28-41(54)40-27-34(59)15-16-50(40,4)52(39,55)42(60)30-51(38,5)53(44,71-46)43(61)33-69-48(64)58(6)19-26-72-73-49(2,3)31-45(62)56-17-20-65-22-24-67-25-23-66-21-18-57-47(63)68-32-37-35-13-10-8-9-11-14-36(35)37/h15-16,27,35-39,41-42,44,46,60H,7,10-14,17-26,28-33H2,1-6H3,(H,56,62)(H,57,63)/t35-,36+,37?,38-,39-,41-,42-,44+,46?,50-,51-,52-,53+/m0/s1. The molecular weight excluding hydrogens is 989 g/mol. The molecule has 6 aliphatic carbocycles. The van der Waals surface area contributed by atoms with Gasteiger partial charge in [0.25, 0.3) is 0 Å². The first-order valence-electron chi connectivity index (χ1n) is 26.2. The van der Waals surface area contributed by atoms with E-state index in [1.54, 1.807) is 14.0 Å². The van der Waals surface area contributed by atoms with E-state index in [2.05, 4.69) is 22.5 Å². The molecule has 13 atom stereocenters. The minimum atomic E-state index is -2.33. The summed E-state index contributed by atoms with van der Waals surface area (Å²) in [5.41, 5.74) is -6.79. The number of carbonyl (C=O) groups excluding carboxylic acids is 5. The number of alkyl carbamates (subject to hydrolysis) is 1. The number of halogens is 2. The topological polar surface area (TPSA) is 197 Å². The number of nitrogens with one attached hydrogen (secondary N) is 2. The number of fused-ring (bicyclic) bond motifs is 8. The van der Waals surface area contributed by atoms with Crippen LogP contribution < -0.4 is 10.6 Å². The molecule has 0 aromatic rings. The highest BCUT2D eigenvalue weighted by Crippen LogP contribution is 2.72. The summed E-state index contributed by atoms with van der Waals surface area (Å²) in [7, 11) is 4.58. The molecule has 1 saturated heterocycles. The fraction of sp³-hybridized carbons (Fsp3) is 0.792. The van der Waals surface area contributed by atoms with Crippen molar-refractivity contribution in [1.82, 2.24) is 15.5 Å². The summed E-state index contributed by atoms with van der Waals surface area (Å²) in [4.78, 5) is 66.2. The van der Waals surface area contributed by atoms with Crippen LogP contribution in [-0.4, -0.2) is 166 Å². The Morgan fingerprint density at radius 2 is 1.62 bits per heavy atom. The van der Waals surface area contributed by atoms with Gasteiger partial charge in [-0.3, -0.25) is 14.4 Å². The van der Waals surface area contributed by atoms with Crippen LogP contribution >= 0.6 is 21.6 Å². The average molecular weight is 1070 g/mol. The van der Waals surface area contributed by atoms with Crippen molar-refractivity contribution in [2.75, 3.05) is 85.3 Å². The lowest BCUT2D eigenvalue weighted by Gasteiger charge is -2.63. The number of hydrogen-bond acceptors (Lipinski definition) is 15. The maximum atomic E-state index is 17.8. The third-order valence-electron chi connectivity index (χ3n) is 16.5. The molecule has 3 N–H and O–H groups in total. The summed E-state index contributed by atoms with van der Waals surface area (Å²) < 4.78 is 74.0. The van der Waals surface area contributed by atoms with Crippen LogP contribution in [0.15, 0.2) is 23.8 Å². The fourth-order valence-electron chi connectivity index (χ4n) is 12.7. The van der Waals surface area contributed by atoms with Crippen LogP contribution in [0.2, 0.25) is 0 Å². The minimum Gasteiger partial charge on any atom is -0.449 e. The average Bonchev–Trinajstić information content (AvgIpc) is 3.72. The Hall–Kier alpha value is -3.29. The van der Waals surface area contributed by atoms with E-state index in [9.17, 15) is 29.1 Å². The first kappa shape index (κ1) is 57.4. The number of allylic oxidation sites excluding steroid dienone is 4. The highest BCUT2D eigenvalue weighted by Gasteiger charge is 2.80. The second-order valence-corrected chi connectivity index (χ2v) is 24.8. The van der Waals surface area contributed by atoms with Gasteiger partial charge < -0.3 is 53.8 Å². The molecule has 3 amide bonds. The monoisotopic (exact) mass is 1070 g/mol. The first-order valence-corrected chi connectivity index (χ1v) is 28.5. The molecule has 1 aliphatic heterocycles. The van der Waals surface area contributed by atoms with Gasteiger partial charge in [-0.25, -0.2) is 18.4 Å². The number of hydrogen-bond donors (Lipinski definition) is 3. The van der Waals surface area contributed by atoms with Gasteiger partial charge in [-0.15, -0.1) is 11.8 Å². The predicted molar refractivity (Wildman–Crippen MR) is 271 cm³/mol. The van der Waals surface area contributed by atoms with Crippen LogP contribution in [0, 0.1) is 52.3 Å². The maximum absolute atomic E-state index is 17.8. The Labute approximate surface area is 437 Å². The van der Waals surface area contributed by atoms with Crippen LogP contribution in [0.25, 0.3) is 0 Å². The van der Waals surface area contributed by atoms with E-state index >= 15 is 8.78 Å². The molecule has 0 bridgehead atoms. The lowest BCUT2D eigenvalue weighted by Crippen LogP contribution is -2.71. The number of Topliss-reactive ketones (excluding diaryl/α,β-unsaturated/α-hetero) is 1. The molecule has 0 spiro atoms. The number of rotatable bonds is 26. The summed E-state index contributed by atoms with van der Waals surface area (Å²) >= 11 is 0. The lowest BCUT2D eigenvalue weighted by molar-refractivity contribution is -0.234. The number of alkyl halides is 2. The van der Waals surface area contributed by atoms with E-state index in [1.165, 1.54) is 45.6 Å². The molecule has 0 aromatic carbocycles. The number of carbonyl (C=O) groups is 5. The Balaban J connectivity index is 0.740. The molecule has 0 aromatic heterocycles. The van der Waals surface area contributed by atoms with Gasteiger partial charge in [0.05, 0.1) is 58.5 Å². The normalized spacial score (nSPS) is 34.8. The van der Waals surface area contributed by atoms with Crippen molar-refractivity contribution >= 4 is 51.2 Å². The predicted octanol–water partition coefficient (Wildman–Crippen LogP) is 6.71. The smallest absolute Gasteiger partial charge is 0.409 e. The van der Waals surface area contributed by atoms with Crippen molar-refractivity contribution in [2.24, 2.45) is 40.4 Å². The fourth-order valence-corrected chi connectivity index (χ4v) is 15.3. The number of ether oxygens (including phenoxy) is 7. The Bertz CT molecular complexity index is 2110. The number of nitrogens with zero attached hydrogens (tertiary/aromatic N) is 1. The minimum absolute atomic E-state index is 0.0169. The molecule has 408 valence electrons. The van der Waals surface area contributed by atoms with Gasteiger partial charge in [-0.2, -0.15) is 0 Å². The molecule has 1 heterocycles. The highest BCUT2D eigenvalue weighted by atomic mass is 33.1. The van der Waals surface area contributed by atoms with Crippen molar-refractivity contribution in [3.63, 3.8) is 0 Å². The second-order valence-electron chi connectivity index (χ2n) is 21.7. The summed E-state index contributed by atoms with van der Waals surface area (Å²) in [5.74, 6) is 5.83. The molecule has 0 radical (unpaired) electrons. The van der Waals surface area contributed by atoms with Gasteiger partial charge in [0.15, 0.2) is 29.9 Å². The Morgan fingerprint density at radius 1 is 0.959 bits per heavy atom. The first-order chi connectivity index (χ1) is 34.8. The molecule has 73 heavy (non-hydrogen) atoms. The van der Waals surface area contributed by atoms with E-state index in [1.807, 2.05) is 20.8 Å². The van der Waals surface area contributed by atoms with Gasteiger partial charge in [0.1, 0.15) is 6.17 Å². The number of aliphatic hydroxyl groups excluding tert-OH is 1. The van der Waals surface area contributed by atoms with Gasteiger partial charge in [0.2, 0.25) is 11.7 Å². The van der Waals surface area contributed by atoms with Gasteiger partial charge in [-0.1, -0.05) is 47.9 Å².